The zero-order valence-electron chi connectivity index (χ0n) is 11.3. The van der Waals surface area contributed by atoms with E-state index in [4.69, 9.17) is 0 Å². The fraction of sp³-hybridized carbons (Fsp3) is 0.429. The number of carbonyl (C=O) groups is 2. The molecule has 2 rings (SSSR count). The lowest BCUT2D eigenvalue weighted by Gasteiger charge is -2.39. The summed E-state index contributed by atoms with van der Waals surface area (Å²) in [5.74, 6) is 0.0480. The van der Waals surface area contributed by atoms with Gasteiger partial charge in [0, 0.05) is 25.7 Å². The highest BCUT2D eigenvalue weighted by Crippen LogP contribution is 2.24. The lowest BCUT2D eigenvalue weighted by Crippen LogP contribution is -2.55. The molecule has 0 radical (unpaired) electrons. The molecule has 2 amide bonds. The van der Waals surface area contributed by atoms with E-state index in [1.165, 1.54) is 6.08 Å². The molecule has 20 heavy (non-hydrogen) atoms. The first-order valence-corrected chi connectivity index (χ1v) is 8.13. The third kappa shape index (κ3) is 3.30. The van der Waals surface area contributed by atoms with Crippen LogP contribution in [-0.2, 0) is 16.0 Å². The number of carbonyl (C=O) groups excluding carboxylic acids is 2. The summed E-state index contributed by atoms with van der Waals surface area (Å²) in [7, 11) is 0. The van der Waals surface area contributed by atoms with Gasteiger partial charge in [0.2, 0.25) is 11.8 Å². The van der Waals surface area contributed by atoms with Gasteiger partial charge in [0.15, 0.2) is 0 Å². The molecule has 2 heterocycles. The van der Waals surface area contributed by atoms with Crippen LogP contribution in [0.4, 0.5) is 0 Å². The fourth-order valence-corrected chi connectivity index (χ4v) is 3.61. The molecule has 1 aromatic rings. The minimum absolute atomic E-state index is 0.0394. The summed E-state index contributed by atoms with van der Waals surface area (Å²) in [5.41, 5.74) is 1.02. The Bertz CT molecular complexity index is 529. The predicted octanol–water partition coefficient (Wildman–Crippen LogP) is 2.30. The molecule has 1 fully saturated rings. The largest absolute Gasteiger partial charge is 0.336 e. The van der Waals surface area contributed by atoms with Crippen molar-refractivity contribution >= 4 is 39.1 Å². The summed E-state index contributed by atoms with van der Waals surface area (Å²) in [5, 5.41) is 1.97. The van der Waals surface area contributed by atoms with Crippen molar-refractivity contribution in [2.45, 2.75) is 19.4 Å². The van der Waals surface area contributed by atoms with Crippen molar-refractivity contribution < 1.29 is 9.59 Å². The normalized spacial score (nSPS) is 19.0. The van der Waals surface area contributed by atoms with Gasteiger partial charge in [-0.2, -0.15) is 0 Å². The van der Waals surface area contributed by atoms with Crippen molar-refractivity contribution in [2.24, 2.45) is 0 Å². The second-order valence-electron chi connectivity index (χ2n) is 4.82. The van der Waals surface area contributed by atoms with Crippen molar-refractivity contribution in [3.8, 4) is 0 Å². The van der Waals surface area contributed by atoms with Gasteiger partial charge in [-0.05, 0) is 45.9 Å². The number of halogens is 1. The van der Waals surface area contributed by atoms with Crippen LogP contribution in [0, 0.1) is 0 Å². The van der Waals surface area contributed by atoms with E-state index in [2.05, 4.69) is 22.5 Å². The van der Waals surface area contributed by atoms with Crippen LogP contribution < -0.4 is 0 Å². The number of rotatable bonds is 3. The maximum atomic E-state index is 12.4. The molecule has 0 aromatic carbocycles. The molecular formula is C14H17BrN2O2S. The van der Waals surface area contributed by atoms with E-state index in [0.29, 0.717) is 26.1 Å². The molecule has 108 valence electrons. The molecule has 0 aliphatic carbocycles. The Labute approximate surface area is 131 Å². The van der Waals surface area contributed by atoms with E-state index < -0.39 is 0 Å². The highest BCUT2D eigenvalue weighted by Gasteiger charge is 2.29. The average Bonchev–Trinajstić information content (AvgIpc) is 2.83. The predicted molar refractivity (Wildman–Crippen MR) is 83.7 cm³/mol. The fourth-order valence-electron chi connectivity index (χ4n) is 2.37. The van der Waals surface area contributed by atoms with Gasteiger partial charge in [0.05, 0.1) is 10.2 Å². The molecule has 1 atom stereocenters. The summed E-state index contributed by atoms with van der Waals surface area (Å²) in [6.07, 6.45) is 1.73. The summed E-state index contributed by atoms with van der Waals surface area (Å²) < 4.78 is 1.01. The molecule has 6 heteroatoms. The lowest BCUT2D eigenvalue weighted by atomic mass is 10.1. The standard InChI is InChI=1S/C14H17BrN2O2S/c1-3-12(18)16-5-6-17(10(2)9-16)13(19)8-11-4-7-20-14(11)15/h3-4,7,10H,1,5-6,8-9H2,2H3/t10-/m0/s1. The van der Waals surface area contributed by atoms with Gasteiger partial charge in [-0.15, -0.1) is 11.3 Å². The summed E-state index contributed by atoms with van der Waals surface area (Å²) in [6, 6.07) is 2.01. The summed E-state index contributed by atoms with van der Waals surface area (Å²) >= 11 is 5.04. The van der Waals surface area contributed by atoms with Crippen LogP contribution in [0.5, 0.6) is 0 Å². The maximum Gasteiger partial charge on any atom is 0.246 e. The molecule has 4 nitrogen and oxygen atoms in total. The van der Waals surface area contributed by atoms with E-state index in [1.807, 2.05) is 23.3 Å². The number of piperazine rings is 1. The van der Waals surface area contributed by atoms with Gasteiger partial charge in [-0.25, -0.2) is 0 Å². The quantitative estimate of drug-likeness (QED) is 0.779. The SMILES string of the molecule is C=CC(=O)N1CCN(C(=O)Cc2ccsc2Br)[C@@H](C)C1. The van der Waals surface area contributed by atoms with Crippen molar-refractivity contribution in [1.82, 2.24) is 9.80 Å². The van der Waals surface area contributed by atoms with Crippen molar-refractivity contribution in [3.05, 3.63) is 33.5 Å². The first kappa shape index (κ1) is 15.3. The third-order valence-electron chi connectivity index (χ3n) is 3.47. The topological polar surface area (TPSA) is 40.6 Å². The Morgan fingerprint density at radius 2 is 2.30 bits per heavy atom. The minimum Gasteiger partial charge on any atom is -0.336 e. The first-order chi connectivity index (χ1) is 9.52. The van der Waals surface area contributed by atoms with Gasteiger partial charge in [0.25, 0.3) is 0 Å². The molecular weight excluding hydrogens is 340 g/mol. The van der Waals surface area contributed by atoms with Gasteiger partial charge < -0.3 is 9.80 Å². The van der Waals surface area contributed by atoms with E-state index in [9.17, 15) is 9.59 Å². The zero-order chi connectivity index (χ0) is 14.7. The van der Waals surface area contributed by atoms with Crippen LogP contribution in [0.25, 0.3) is 0 Å². The monoisotopic (exact) mass is 356 g/mol. The number of nitrogens with zero attached hydrogens (tertiary/aromatic N) is 2. The lowest BCUT2D eigenvalue weighted by molar-refractivity contribution is -0.139. The molecule has 0 saturated carbocycles. The van der Waals surface area contributed by atoms with E-state index in [1.54, 1.807) is 16.2 Å². The van der Waals surface area contributed by atoms with Crippen LogP contribution in [0.15, 0.2) is 27.9 Å². The average molecular weight is 357 g/mol. The van der Waals surface area contributed by atoms with Crippen molar-refractivity contribution in [1.29, 1.82) is 0 Å². The molecule has 1 saturated heterocycles. The Morgan fingerprint density at radius 1 is 1.55 bits per heavy atom. The van der Waals surface area contributed by atoms with Gasteiger partial charge >= 0.3 is 0 Å². The van der Waals surface area contributed by atoms with Crippen LogP contribution in [0.1, 0.15) is 12.5 Å². The number of hydrogen-bond acceptors (Lipinski definition) is 3. The molecule has 1 aromatic heterocycles. The van der Waals surface area contributed by atoms with Gasteiger partial charge in [0.1, 0.15) is 0 Å². The maximum absolute atomic E-state index is 12.4. The van der Waals surface area contributed by atoms with E-state index in [0.717, 1.165) is 9.35 Å². The van der Waals surface area contributed by atoms with Gasteiger partial charge in [-0.3, -0.25) is 9.59 Å². The Morgan fingerprint density at radius 3 is 2.85 bits per heavy atom. The van der Waals surface area contributed by atoms with Crippen LogP contribution in [0.2, 0.25) is 0 Å². The van der Waals surface area contributed by atoms with Crippen LogP contribution >= 0.6 is 27.3 Å². The summed E-state index contributed by atoms with van der Waals surface area (Å²) in [4.78, 5) is 27.5. The molecule has 0 spiro atoms. The molecule has 0 N–H and O–H groups in total. The van der Waals surface area contributed by atoms with E-state index in [-0.39, 0.29) is 17.9 Å². The minimum atomic E-state index is -0.0653. The van der Waals surface area contributed by atoms with Gasteiger partial charge in [-0.1, -0.05) is 6.58 Å². The molecule has 0 unspecified atom stereocenters. The first-order valence-electron chi connectivity index (χ1n) is 6.45. The van der Waals surface area contributed by atoms with Crippen molar-refractivity contribution in [3.63, 3.8) is 0 Å². The number of hydrogen-bond donors (Lipinski definition) is 0. The van der Waals surface area contributed by atoms with Crippen LogP contribution in [0.3, 0.4) is 0 Å². The Hall–Kier alpha value is -1.14. The Balaban J connectivity index is 1.97. The molecule has 1 aliphatic rings. The highest BCUT2D eigenvalue weighted by atomic mass is 79.9. The van der Waals surface area contributed by atoms with Crippen molar-refractivity contribution in [2.75, 3.05) is 19.6 Å². The highest BCUT2D eigenvalue weighted by molar-refractivity contribution is 9.11. The molecule has 0 bridgehead atoms. The van der Waals surface area contributed by atoms with E-state index >= 15 is 0 Å². The third-order valence-corrected chi connectivity index (χ3v) is 5.28. The zero-order valence-corrected chi connectivity index (χ0v) is 13.7. The summed E-state index contributed by atoms with van der Waals surface area (Å²) in [6.45, 7) is 7.20. The second-order valence-corrected chi connectivity index (χ2v) is 7.05. The number of thiophene rings is 1. The van der Waals surface area contributed by atoms with Crippen LogP contribution in [-0.4, -0.2) is 47.3 Å². The smallest absolute Gasteiger partial charge is 0.246 e. The Kier molecular flexibility index (Phi) is 4.99. The number of amides is 2. The second kappa shape index (κ2) is 6.54. The molecule has 1 aliphatic heterocycles.